The number of halogens is 2. The first kappa shape index (κ1) is 13.2. The van der Waals surface area contributed by atoms with Crippen molar-refractivity contribution >= 4 is 33.2 Å². The van der Waals surface area contributed by atoms with E-state index in [0.717, 1.165) is 23.1 Å². The van der Waals surface area contributed by atoms with Crippen LogP contribution >= 0.6 is 27.5 Å². The first-order valence-corrected chi connectivity index (χ1v) is 7.17. The number of benzene rings is 1. The molecule has 1 fully saturated rings. The van der Waals surface area contributed by atoms with Crippen LogP contribution < -0.4 is 4.90 Å². The van der Waals surface area contributed by atoms with E-state index in [1.165, 1.54) is 5.69 Å². The van der Waals surface area contributed by atoms with Gasteiger partial charge >= 0.3 is 0 Å². The second-order valence-electron chi connectivity index (χ2n) is 4.58. The molecule has 0 aromatic heterocycles. The van der Waals surface area contributed by atoms with Crippen molar-refractivity contribution in [3.63, 3.8) is 0 Å². The third-order valence-electron chi connectivity index (χ3n) is 2.93. The highest BCUT2D eigenvalue weighted by Crippen LogP contribution is 2.30. The van der Waals surface area contributed by atoms with Crippen molar-refractivity contribution in [3.05, 3.63) is 28.2 Å². The van der Waals surface area contributed by atoms with Crippen LogP contribution in [0.25, 0.3) is 0 Å². The first-order valence-electron chi connectivity index (χ1n) is 5.85. The van der Waals surface area contributed by atoms with E-state index in [1.54, 1.807) is 0 Å². The van der Waals surface area contributed by atoms with E-state index in [9.17, 15) is 0 Å². The number of alkyl halides is 1. The van der Waals surface area contributed by atoms with Crippen LogP contribution in [-0.2, 0) is 10.6 Å². The number of hydrogen-bond donors (Lipinski definition) is 0. The number of hydrogen-bond acceptors (Lipinski definition) is 2. The molecule has 0 spiro atoms. The molecule has 4 heteroatoms. The topological polar surface area (TPSA) is 12.5 Å². The monoisotopic (exact) mass is 317 g/mol. The molecule has 2 atom stereocenters. The van der Waals surface area contributed by atoms with E-state index in [4.69, 9.17) is 16.3 Å². The minimum Gasteiger partial charge on any atom is -0.372 e. The van der Waals surface area contributed by atoms with Gasteiger partial charge in [-0.1, -0.05) is 6.07 Å². The minimum absolute atomic E-state index is 0.276. The molecule has 0 N–H and O–H groups in total. The van der Waals surface area contributed by atoms with Gasteiger partial charge in [-0.2, -0.15) is 0 Å². The van der Waals surface area contributed by atoms with Crippen molar-refractivity contribution in [1.29, 1.82) is 0 Å². The standard InChI is InChI=1S/C13H17BrClNO/c1-9-7-16(8-10(2)17-9)13-4-3-11(6-15)5-12(13)14/h3-5,9-10H,6-8H2,1-2H3. The van der Waals surface area contributed by atoms with Gasteiger partial charge in [-0.3, -0.25) is 0 Å². The largest absolute Gasteiger partial charge is 0.372 e. The molecule has 1 aromatic carbocycles. The fourth-order valence-electron chi connectivity index (χ4n) is 2.26. The smallest absolute Gasteiger partial charge is 0.0726 e. The van der Waals surface area contributed by atoms with Crippen LogP contribution in [0.4, 0.5) is 5.69 Å². The van der Waals surface area contributed by atoms with Crippen LogP contribution in [0.1, 0.15) is 19.4 Å². The zero-order valence-corrected chi connectivity index (χ0v) is 12.5. The summed E-state index contributed by atoms with van der Waals surface area (Å²) in [5, 5.41) is 0. The van der Waals surface area contributed by atoms with Crippen LogP contribution in [0.5, 0.6) is 0 Å². The predicted octanol–water partition coefficient (Wildman–Crippen LogP) is 3.80. The molecule has 1 saturated heterocycles. The fourth-order valence-corrected chi connectivity index (χ4v) is 3.11. The van der Waals surface area contributed by atoms with Crippen molar-refractivity contribution in [2.24, 2.45) is 0 Å². The van der Waals surface area contributed by atoms with Gasteiger partial charge in [0.05, 0.1) is 17.9 Å². The molecular weight excluding hydrogens is 302 g/mol. The molecule has 1 heterocycles. The molecular formula is C13H17BrClNO. The van der Waals surface area contributed by atoms with Crippen LogP contribution in [0.2, 0.25) is 0 Å². The Balaban J connectivity index is 2.21. The maximum atomic E-state index is 5.83. The lowest BCUT2D eigenvalue weighted by atomic mass is 10.1. The highest BCUT2D eigenvalue weighted by molar-refractivity contribution is 9.10. The fraction of sp³-hybridized carbons (Fsp3) is 0.538. The average Bonchev–Trinajstić information content (AvgIpc) is 2.27. The Hall–Kier alpha value is -0.250. The van der Waals surface area contributed by atoms with E-state index in [1.807, 2.05) is 0 Å². The third kappa shape index (κ3) is 3.15. The van der Waals surface area contributed by atoms with Crippen molar-refractivity contribution in [2.75, 3.05) is 18.0 Å². The van der Waals surface area contributed by atoms with Gasteiger partial charge in [-0.15, -0.1) is 11.6 Å². The molecule has 0 amide bonds. The number of morpholine rings is 1. The zero-order valence-electron chi connectivity index (χ0n) is 10.1. The molecule has 1 aliphatic rings. The van der Waals surface area contributed by atoms with Crippen LogP contribution in [0, 0.1) is 0 Å². The molecule has 17 heavy (non-hydrogen) atoms. The lowest BCUT2D eigenvalue weighted by Gasteiger charge is -2.37. The molecule has 2 rings (SSSR count). The van der Waals surface area contributed by atoms with Gasteiger partial charge in [0.25, 0.3) is 0 Å². The number of ether oxygens (including phenoxy) is 1. The lowest BCUT2D eigenvalue weighted by molar-refractivity contribution is -0.00525. The number of nitrogens with zero attached hydrogens (tertiary/aromatic N) is 1. The van der Waals surface area contributed by atoms with Crippen molar-refractivity contribution in [1.82, 2.24) is 0 Å². The summed E-state index contributed by atoms with van der Waals surface area (Å²) in [7, 11) is 0. The highest BCUT2D eigenvalue weighted by atomic mass is 79.9. The maximum absolute atomic E-state index is 5.83. The molecule has 0 radical (unpaired) electrons. The Morgan fingerprint density at radius 2 is 2.00 bits per heavy atom. The molecule has 0 aliphatic carbocycles. The van der Waals surface area contributed by atoms with Gasteiger partial charge in [0, 0.05) is 23.4 Å². The number of rotatable bonds is 2. The Bertz CT molecular complexity index is 389. The van der Waals surface area contributed by atoms with Gasteiger partial charge in [-0.05, 0) is 47.5 Å². The Morgan fingerprint density at radius 1 is 1.35 bits per heavy atom. The number of anilines is 1. The molecule has 2 nitrogen and oxygen atoms in total. The quantitative estimate of drug-likeness (QED) is 0.769. The second-order valence-corrected chi connectivity index (χ2v) is 5.70. The van der Waals surface area contributed by atoms with Crippen LogP contribution in [-0.4, -0.2) is 25.3 Å². The molecule has 94 valence electrons. The van der Waals surface area contributed by atoms with Crippen molar-refractivity contribution < 1.29 is 4.74 Å². The SMILES string of the molecule is CC1CN(c2ccc(CCl)cc2Br)CC(C)O1. The summed E-state index contributed by atoms with van der Waals surface area (Å²) in [6.07, 6.45) is 0.553. The van der Waals surface area contributed by atoms with E-state index in [2.05, 4.69) is 52.9 Å². The second kappa shape index (κ2) is 5.59. The van der Waals surface area contributed by atoms with Gasteiger partial charge in [-0.25, -0.2) is 0 Å². The van der Waals surface area contributed by atoms with E-state index in [-0.39, 0.29) is 12.2 Å². The first-order chi connectivity index (χ1) is 8.10. The van der Waals surface area contributed by atoms with Crippen LogP contribution in [0.3, 0.4) is 0 Å². The third-order valence-corrected chi connectivity index (χ3v) is 3.87. The molecule has 1 aromatic rings. The van der Waals surface area contributed by atoms with Gasteiger partial charge in [0.2, 0.25) is 0 Å². The highest BCUT2D eigenvalue weighted by Gasteiger charge is 2.23. The predicted molar refractivity (Wildman–Crippen MR) is 75.9 cm³/mol. The normalized spacial score (nSPS) is 25.1. The molecule has 0 bridgehead atoms. The summed E-state index contributed by atoms with van der Waals surface area (Å²) < 4.78 is 6.85. The Morgan fingerprint density at radius 3 is 2.53 bits per heavy atom. The van der Waals surface area contributed by atoms with Gasteiger partial charge < -0.3 is 9.64 Å². The summed E-state index contributed by atoms with van der Waals surface area (Å²) in [5.74, 6) is 0.550. The Kier molecular flexibility index (Phi) is 4.34. The van der Waals surface area contributed by atoms with Crippen molar-refractivity contribution in [2.45, 2.75) is 31.9 Å². The molecule has 2 unspecified atom stereocenters. The molecule has 1 aliphatic heterocycles. The maximum Gasteiger partial charge on any atom is 0.0726 e. The average molecular weight is 319 g/mol. The van der Waals surface area contributed by atoms with E-state index in [0.29, 0.717) is 5.88 Å². The molecule has 0 saturated carbocycles. The van der Waals surface area contributed by atoms with Crippen molar-refractivity contribution in [3.8, 4) is 0 Å². The summed E-state index contributed by atoms with van der Waals surface area (Å²) >= 11 is 9.45. The summed E-state index contributed by atoms with van der Waals surface area (Å²) in [6.45, 7) is 6.10. The zero-order chi connectivity index (χ0) is 12.4. The summed E-state index contributed by atoms with van der Waals surface area (Å²) in [4.78, 5) is 2.36. The summed E-state index contributed by atoms with van der Waals surface area (Å²) in [5.41, 5.74) is 2.36. The minimum atomic E-state index is 0.276. The van der Waals surface area contributed by atoms with Gasteiger partial charge in [0.15, 0.2) is 0 Å². The van der Waals surface area contributed by atoms with Crippen LogP contribution in [0.15, 0.2) is 22.7 Å². The Labute approximate surface area is 116 Å². The summed E-state index contributed by atoms with van der Waals surface area (Å²) in [6, 6.07) is 6.30. The lowest BCUT2D eigenvalue weighted by Crippen LogP contribution is -2.45. The van der Waals surface area contributed by atoms with E-state index >= 15 is 0 Å². The van der Waals surface area contributed by atoms with E-state index < -0.39 is 0 Å². The van der Waals surface area contributed by atoms with Gasteiger partial charge in [0.1, 0.15) is 0 Å².